The molecule has 1 N–H and O–H groups in total. The molecule has 1 aromatic rings. The van der Waals surface area contributed by atoms with Gasteiger partial charge < -0.3 is 5.32 Å². The van der Waals surface area contributed by atoms with Gasteiger partial charge in [0.15, 0.2) is 9.84 Å². The summed E-state index contributed by atoms with van der Waals surface area (Å²) < 4.78 is 23.0. The highest BCUT2D eigenvalue weighted by atomic mass is 32.2. The Hall–Kier alpha value is -0.460. The lowest BCUT2D eigenvalue weighted by Gasteiger charge is -1.98. The number of nitrogens with one attached hydrogen (secondary N) is 1. The summed E-state index contributed by atoms with van der Waals surface area (Å²) in [5.41, 5.74) is 0. The van der Waals surface area contributed by atoms with Crippen LogP contribution in [0.4, 0.5) is 0 Å². The molecule has 0 atom stereocenters. The van der Waals surface area contributed by atoms with E-state index in [0.29, 0.717) is 11.4 Å². The Morgan fingerprint density at radius 2 is 2.27 bits per heavy atom. The maximum atomic E-state index is 11.5. The van der Waals surface area contributed by atoms with Crippen molar-refractivity contribution in [1.82, 2.24) is 10.3 Å². The molecule has 0 radical (unpaired) electrons. The van der Waals surface area contributed by atoms with Gasteiger partial charge in [-0.25, -0.2) is 13.4 Å². The minimum absolute atomic E-state index is 0.0786. The largest absolute Gasteiger partial charge is 0.315 e. The van der Waals surface area contributed by atoms with E-state index >= 15 is 0 Å². The molecule has 0 bridgehead atoms. The molecule has 0 saturated carbocycles. The van der Waals surface area contributed by atoms with Crippen molar-refractivity contribution in [2.24, 2.45) is 0 Å². The molecule has 0 amide bonds. The minimum Gasteiger partial charge on any atom is -0.315 e. The van der Waals surface area contributed by atoms with E-state index in [1.807, 2.05) is 14.0 Å². The predicted octanol–water partition coefficient (Wildman–Crippen LogP) is 1.19. The number of nitrogens with zero attached hydrogens (tertiary/aromatic N) is 1. The van der Waals surface area contributed by atoms with Crippen LogP contribution in [-0.4, -0.2) is 26.2 Å². The zero-order valence-electron chi connectivity index (χ0n) is 8.99. The third-order valence-corrected chi connectivity index (χ3v) is 4.73. The third kappa shape index (κ3) is 4.27. The molecule has 86 valence electrons. The highest BCUT2D eigenvalue weighted by Crippen LogP contribution is 2.15. The molecule has 0 spiro atoms. The summed E-state index contributed by atoms with van der Waals surface area (Å²) >= 11 is 1.46. The average Bonchev–Trinajstić information content (AvgIpc) is 2.52. The SMILES string of the molecule is CCCS(=O)(=O)Cc1ncc(CNC)s1. The molecule has 0 aliphatic rings. The van der Waals surface area contributed by atoms with Crippen LogP contribution in [0.2, 0.25) is 0 Å². The molecule has 0 fully saturated rings. The molecule has 15 heavy (non-hydrogen) atoms. The quantitative estimate of drug-likeness (QED) is 0.821. The van der Waals surface area contributed by atoms with Gasteiger partial charge in [-0.05, 0) is 13.5 Å². The third-order valence-electron chi connectivity index (χ3n) is 1.81. The molecular weight excluding hydrogens is 232 g/mol. The van der Waals surface area contributed by atoms with Crippen molar-refractivity contribution >= 4 is 21.2 Å². The smallest absolute Gasteiger partial charge is 0.156 e. The molecule has 0 aromatic carbocycles. The van der Waals surface area contributed by atoms with E-state index in [4.69, 9.17) is 0 Å². The summed E-state index contributed by atoms with van der Waals surface area (Å²) in [6.45, 7) is 2.61. The van der Waals surface area contributed by atoms with Gasteiger partial charge in [0.25, 0.3) is 0 Å². The number of hydrogen-bond acceptors (Lipinski definition) is 5. The van der Waals surface area contributed by atoms with Crippen LogP contribution in [-0.2, 0) is 22.1 Å². The molecule has 1 heterocycles. The van der Waals surface area contributed by atoms with Crippen LogP contribution >= 0.6 is 11.3 Å². The van der Waals surface area contributed by atoms with E-state index in [1.54, 1.807) is 6.20 Å². The Bertz CT molecular complexity index is 398. The lowest BCUT2D eigenvalue weighted by molar-refractivity contribution is 0.594. The Morgan fingerprint density at radius 1 is 1.53 bits per heavy atom. The van der Waals surface area contributed by atoms with Crippen molar-refractivity contribution in [3.8, 4) is 0 Å². The molecule has 1 aromatic heterocycles. The maximum Gasteiger partial charge on any atom is 0.156 e. The van der Waals surface area contributed by atoms with E-state index in [9.17, 15) is 8.42 Å². The van der Waals surface area contributed by atoms with Crippen LogP contribution < -0.4 is 5.32 Å². The van der Waals surface area contributed by atoms with Crippen LogP contribution in [0, 0.1) is 0 Å². The molecule has 4 nitrogen and oxygen atoms in total. The average molecular weight is 248 g/mol. The van der Waals surface area contributed by atoms with Crippen molar-refractivity contribution in [3.05, 3.63) is 16.1 Å². The van der Waals surface area contributed by atoms with Gasteiger partial charge in [0.2, 0.25) is 0 Å². The van der Waals surface area contributed by atoms with Crippen LogP contribution in [0.1, 0.15) is 23.2 Å². The molecular formula is C9H16N2O2S2. The maximum absolute atomic E-state index is 11.5. The Balaban J connectivity index is 2.64. The lowest BCUT2D eigenvalue weighted by Crippen LogP contribution is -2.08. The fourth-order valence-electron chi connectivity index (χ4n) is 1.24. The summed E-state index contributed by atoms with van der Waals surface area (Å²) in [5.74, 6) is 0.323. The van der Waals surface area contributed by atoms with Gasteiger partial charge in [-0.1, -0.05) is 6.92 Å². The van der Waals surface area contributed by atoms with E-state index in [1.165, 1.54) is 11.3 Å². The van der Waals surface area contributed by atoms with Crippen LogP contribution in [0.25, 0.3) is 0 Å². The summed E-state index contributed by atoms with van der Waals surface area (Å²) in [7, 11) is -1.10. The minimum atomic E-state index is -2.96. The van der Waals surface area contributed by atoms with Crippen molar-refractivity contribution in [2.75, 3.05) is 12.8 Å². The Kier molecular flexibility index (Phi) is 4.69. The summed E-state index contributed by atoms with van der Waals surface area (Å²) in [6.07, 6.45) is 2.40. The fraction of sp³-hybridized carbons (Fsp3) is 0.667. The van der Waals surface area contributed by atoms with Crippen molar-refractivity contribution < 1.29 is 8.42 Å². The number of hydrogen-bond donors (Lipinski definition) is 1. The topological polar surface area (TPSA) is 59.1 Å². The molecule has 1 rings (SSSR count). The predicted molar refractivity (Wildman–Crippen MR) is 62.7 cm³/mol. The van der Waals surface area contributed by atoms with E-state index < -0.39 is 9.84 Å². The van der Waals surface area contributed by atoms with Gasteiger partial charge in [0, 0.05) is 17.6 Å². The number of sulfone groups is 1. The van der Waals surface area contributed by atoms with Gasteiger partial charge in [0.05, 0.1) is 5.75 Å². The van der Waals surface area contributed by atoms with E-state index in [2.05, 4.69) is 10.3 Å². The standard InChI is InChI=1S/C9H16N2O2S2/c1-3-4-15(12,13)7-9-11-6-8(14-9)5-10-2/h6,10H,3-5,7H2,1-2H3. The van der Waals surface area contributed by atoms with Crippen LogP contribution in [0.5, 0.6) is 0 Å². The van der Waals surface area contributed by atoms with E-state index in [-0.39, 0.29) is 11.5 Å². The molecule has 6 heteroatoms. The first kappa shape index (κ1) is 12.6. The number of aromatic nitrogens is 1. The summed E-state index contributed by atoms with van der Waals surface area (Å²) in [5, 5.41) is 3.69. The first-order valence-electron chi connectivity index (χ1n) is 4.86. The van der Waals surface area contributed by atoms with Gasteiger partial charge in [-0.15, -0.1) is 11.3 Å². The summed E-state index contributed by atoms with van der Waals surface area (Å²) in [4.78, 5) is 5.17. The van der Waals surface area contributed by atoms with Crippen molar-refractivity contribution in [1.29, 1.82) is 0 Å². The lowest BCUT2D eigenvalue weighted by atomic mass is 10.5. The fourth-order valence-corrected chi connectivity index (χ4v) is 3.96. The zero-order valence-corrected chi connectivity index (χ0v) is 10.6. The van der Waals surface area contributed by atoms with Gasteiger partial charge >= 0.3 is 0 Å². The number of rotatable bonds is 6. The molecule has 0 saturated heterocycles. The normalized spacial score (nSPS) is 11.9. The monoisotopic (exact) mass is 248 g/mol. The van der Waals surface area contributed by atoms with Crippen LogP contribution in [0.15, 0.2) is 6.20 Å². The second-order valence-corrected chi connectivity index (χ2v) is 6.73. The highest BCUT2D eigenvalue weighted by Gasteiger charge is 2.13. The second-order valence-electron chi connectivity index (χ2n) is 3.34. The van der Waals surface area contributed by atoms with Gasteiger partial charge in [-0.2, -0.15) is 0 Å². The van der Waals surface area contributed by atoms with Crippen molar-refractivity contribution in [2.45, 2.75) is 25.6 Å². The highest BCUT2D eigenvalue weighted by molar-refractivity contribution is 7.90. The van der Waals surface area contributed by atoms with Crippen LogP contribution in [0.3, 0.4) is 0 Å². The second kappa shape index (κ2) is 5.58. The first-order chi connectivity index (χ1) is 7.07. The Morgan fingerprint density at radius 3 is 2.87 bits per heavy atom. The zero-order chi connectivity index (χ0) is 11.3. The molecule has 0 aliphatic heterocycles. The molecule has 0 unspecified atom stereocenters. The molecule has 0 aliphatic carbocycles. The van der Waals surface area contributed by atoms with Crippen molar-refractivity contribution in [3.63, 3.8) is 0 Å². The first-order valence-corrected chi connectivity index (χ1v) is 7.50. The van der Waals surface area contributed by atoms with Gasteiger partial charge in [-0.3, -0.25) is 0 Å². The van der Waals surface area contributed by atoms with E-state index in [0.717, 1.165) is 11.4 Å². The van der Waals surface area contributed by atoms with Gasteiger partial charge in [0.1, 0.15) is 10.8 Å². The Labute approximate surface area is 94.7 Å². The number of thiazole rings is 1. The summed E-state index contributed by atoms with van der Waals surface area (Å²) in [6, 6.07) is 0.